The second kappa shape index (κ2) is 266. The predicted molar refractivity (Wildman–Crippen MR) is 239 cm³/mol. The maximum absolute atomic E-state index is 2.00. The van der Waals surface area contributed by atoms with Crippen molar-refractivity contribution in [2.75, 3.05) is 0 Å². The van der Waals surface area contributed by atoms with Gasteiger partial charge in [0.2, 0.25) is 0 Å². The van der Waals surface area contributed by atoms with E-state index >= 15 is 0 Å². The number of rotatable bonds is 0. The molecule has 0 spiro atoms. The minimum atomic E-state index is 0. The molecular formula is C47H84Y22-10. The van der Waals surface area contributed by atoms with Crippen LogP contribution < -0.4 is 0 Å². The van der Waals surface area contributed by atoms with Gasteiger partial charge in [0.05, 0.1) is 0 Å². The third kappa shape index (κ3) is 260. The van der Waals surface area contributed by atoms with Crippen molar-refractivity contribution in [3.05, 3.63) is 256 Å². The van der Waals surface area contributed by atoms with E-state index in [0.29, 0.717) is 0 Å². The quantitative estimate of drug-likeness (QED) is 0.136. The molecule has 0 aliphatic heterocycles. The first-order chi connectivity index (χ1) is 17.0. The van der Waals surface area contributed by atoms with Crippen LogP contribution in [0.4, 0.5) is 0 Å². The second-order valence-corrected chi connectivity index (χ2v) is 5.77. The van der Waals surface area contributed by atoms with Crippen LogP contribution >= 0.6 is 0 Å². The summed E-state index contributed by atoms with van der Waals surface area (Å²) in [5.74, 6) is 0. The average Bonchev–Trinajstić information content (AvgIpc) is 3.01. The van der Waals surface area contributed by atoms with Crippen molar-refractivity contribution in [2.24, 2.45) is 0 Å². The minimum Gasteiger partial charge on any atom is -0.358 e. The summed E-state index contributed by atoms with van der Waals surface area (Å²) >= 11 is 0. The van der Waals surface area contributed by atoms with Gasteiger partial charge in [0, 0.05) is 720 Å². The van der Waals surface area contributed by atoms with Crippen molar-refractivity contribution in [1.82, 2.24) is 0 Å². The largest absolute Gasteiger partial charge is 0.358 e. The summed E-state index contributed by atoms with van der Waals surface area (Å²) in [5, 5.41) is 0. The first-order valence-electron chi connectivity index (χ1n) is 12.0. The summed E-state index contributed by atoms with van der Waals surface area (Å²) in [6.07, 6.45) is 0. The van der Waals surface area contributed by atoms with Gasteiger partial charge in [0.25, 0.3) is 0 Å². The fourth-order valence-electron chi connectivity index (χ4n) is 1.92. The molecule has 0 aromatic heterocycles. The molecule has 0 saturated carbocycles. The molecule has 0 N–H and O–H groups in total. The Morgan fingerprint density at radius 3 is 0.130 bits per heavy atom. The van der Waals surface area contributed by atoms with Crippen molar-refractivity contribution in [3.8, 4) is 0 Å². The second-order valence-electron chi connectivity index (χ2n) is 5.77. The Morgan fingerprint density at radius 2 is 0.116 bits per heavy atom. The van der Waals surface area contributed by atoms with Gasteiger partial charge >= 0.3 is 0 Å². The van der Waals surface area contributed by atoms with Crippen molar-refractivity contribution in [3.63, 3.8) is 0 Å². The molecule has 0 bridgehead atoms. The topological polar surface area (TPSA) is 0 Å². The first-order valence-corrected chi connectivity index (χ1v) is 12.0. The number of hydrogen-bond donors (Lipinski definition) is 0. The van der Waals surface area contributed by atoms with E-state index in [0.717, 1.165) is 0 Å². The summed E-state index contributed by atoms with van der Waals surface area (Å²) in [5.41, 5.74) is 0. The third-order valence-corrected chi connectivity index (χ3v) is 3.33. The predicted octanol–water partition coefficient (Wildman–Crippen LogP) is 16.8. The van der Waals surface area contributed by atoms with Crippen LogP contribution in [0.15, 0.2) is 182 Å². The molecule has 22 heteroatoms. The summed E-state index contributed by atoms with van der Waals surface area (Å²) in [6, 6.07) is 60.0. The fraction of sp³-hybridized carbons (Fsp3) is 0.149. The fourth-order valence-corrected chi connectivity index (χ4v) is 1.92. The van der Waals surface area contributed by atoms with E-state index in [1.165, 1.54) is 0 Å². The molecule has 5 rings (SSSR count). The first kappa shape index (κ1) is 254. The zero-order valence-electron chi connectivity index (χ0n) is 44.0. The van der Waals surface area contributed by atoms with Gasteiger partial charge in [-0.25, -0.2) is 0 Å². The van der Waals surface area contributed by atoms with Crippen molar-refractivity contribution < 1.29 is 720 Å². The summed E-state index contributed by atoms with van der Waals surface area (Å²) in [4.78, 5) is 0. The van der Waals surface area contributed by atoms with Gasteiger partial charge < -0.3 is 74.3 Å². The van der Waals surface area contributed by atoms with Gasteiger partial charge in [0.15, 0.2) is 0 Å². The molecule has 69 heavy (non-hydrogen) atoms. The molecule has 5 aromatic rings. The van der Waals surface area contributed by atoms with E-state index in [4.69, 9.17) is 0 Å². The van der Waals surface area contributed by atoms with Gasteiger partial charge in [-0.15, -0.1) is 0 Å². The van der Waals surface area contributed by atoms with E-state index in [9.17, 15) is 0 Å². The normalized spacial score (nSPS) is 3.65. The Morgan fingerprint density at radius 1 is 0.101 bits per heavy atom. The monoisotopic (exact) mass is 2600 g/mol. The smallest absolute Gasteiger partial charge is 0 e. The Labute approximate surface area is 995 Å². The molecule has 0 aliphatic rings. The SMILES string of the molecule is C.C.C.CC.CC.[CH3-].[CH3-].[CH3-].[CH3-].[CH3-].[CH3-].[CH3-].[CH3-].[CH3-].[CH3-].[Y].[Y].[Y].[Y].[Y].[Y].[Y].[Y].[Y].[Y].[Y].[Y].[Y].[Y].[Y].[Y].[Y].[Y].[Y].[Y].[Y].[Y].c1ccccc1.c1ccccc1.c1ccccc1.c1ccccc1.c1ccccc1. The molecule has 0 fully saturated rings. The van der Waals surface area contributed by atoms with Gasteiger partial charge in [-0.05, 0) is 0 Å². The van der Waals surface area contributed by atoms with Crippen LogP contribution in [0.25, 0.3) is 0 Å². The molecule has 0 unspecified atom stereocenters. The zero-order valence-corrected chi connectivity index (χ0v) is 106. The molecule has 0 atom stereocenters. The molecule has 348 valence electrons. The van der Waals surface area contributed by atoms with E-state index in [2.05, 4.69) is 0 Å². The molecule has 0 nitrogen and oxygen atoms in total. The van der Waals surface area contributed by atoms with Crippen LogP contribution in [0, 0.1) is 74.3 Å². The maximum Gasteiger partial charge on any atom is 0 e. The molecule has 0 saturated heterocycles. The Kier molecular flexibility index (Phi) is 980. The van der Waals surface area contributed by atoms with Gasteiger partial charge in [-0.2, -0.15) is 0 Å². The van der Waals surface area contributed by atoms with Crippen LogP contribution in [-0.2, 0) is 720 Å². The van der Waals surface area contributed by atoms with Gasteiger partial charge in [0.1, 0.15) is 0 Å². The molecule has 0 heterocycles. The Hall–Kier alpha value is 20.4. The summed E-state index contributed by atoms with van der Waals surface area (Å²) < 4.78 is 0. The third-order valence-electron chi connectivity index (χ3n) is 3.33. The number of hydrogen-bond acceptors (Lipinski definition) is 0. The number of benzene rings is 5. The Bertz CT molecular complexity index is 605. The molecule has 0 aliphatic carbocycles. The molecule has 0 amide bonds. The van der Waals surface area contributed by atoms with Crippen molar-refractivity contribution >= 4 is 0 Å². The van der Waals surface area contributed by atoms with Crippen LogP contribution in [-0.4, -0.2) is 0 Å². The molecule has 22 radical (unpaired) electrons. The minimum absolute atomic E-state index is 0. The standard InChI is InChI=1S/5C6H6.2C2H6.3CH4.10CH3.22Y/c5*1-2-4-6-5-3-1;2*1-2;;;;;;;;;;;;;;;;;;;;;;;;;;;;;;;;;;;/h5*1-6H;2*1-2H3;3*1H4;10*1H3;;;;;;;;;;;;;;;;;;;;;;/q;;;;;;;;;;10*-1;;;;;;;;;;;;;;;;;;;;;;. The van der Waals surface area contributed by atoms with Crippen LogP contribution in [0.3, 0.4) is 0 Å². The van der Waals surface area contributed by atoms with Crippen molar-refractivity contribution in [2.45, 2.75) is 50.0 Å². The van der Waals surface area contributed by atoms with Gasteiger partial charge in [-0.3, -0.25) is 0 Å². The van der Waals surface area contributed by atoms with E-state index < -0.39 is 0 Å². The average molecular weight is 2610 g/mol. The zero-order chi connectivity index (χ0) is 25.2. The summed E-state index contributed by atoms with van der Waals surface area (Å²) in [6.45, 7) is 8.00. The van der Waals surface area contributed by atoms with E-state index in [1.807, 2.05) is 210 Å². The van der Waals surface area contributed by atoms with Gasteiger partial charge in [-0.1, -0.05) is 232 Å². The van der Waals surface area contributed by atoms with E-state index in [-0.39, 0.29) is 816 Å². The Balaban J connectivity index is -0.00000000463. The van der Waals surface area contributed by atoms with Crippen molar-refractivity contribution in [1.29, 1.82) is 0 Å². The van der Waals surface area contributed by atoms with Crippen LogP contribution in [0.1, 0.15) is 50.0 Å². The van der Waals surface area contributed by atoms with Crippen LogP contribution in [0.5, 0.6) is 0 Å². The van der Waals surface area contributed by atoms with E-state index in [1.54, 1.807) is 0 Å². The van der Waals surface area contributed by atoms with Crippen LogP contribution in [0.2, 0.25) is 0 Å². The molecular weight excluding hydrogens is 2520 g/mol. The molecule has 5 aromatic carbocycles. The summed E-state index contributed by atoms with van der Waals surface area (Å²) in [7, 11) is 0. The maximum atomic E-state index is 2.00.